The number of rotatable bonds is 2. The summed E-state index contributed by atoms with van der Waals surface area (Å²) in [5.74, 6) is 0. The van der Waals surface area contributed by atoms with Gasteiger partial charge in [-0.3, -0.25) is 4.68 Å². The van der Waals surface area contributed by atoms with E-state index in [0.29, 0.717) is 6.17 Å². The molecule has 3 heterocycles. The fourth-order valence-electron chi connectivity index (χ4n) is 2.18. The van der Waals surface area contributed by atoms with E-state index >= 15 is 0 Å². The normalized spacial score (nSPS) is 28.9. The largest absolute Gasteiger partial charge is 0.252 e. The number of aromatic nitrogens is 2. The van der Waals surface area contributed by atoms with Gasteiger partial charge < -0.3 is 0 Å². The van der Waals surface area contributed by atoms with E-state index in [1.54, 1.807) is 0 Å². The number of hydrogen-bond donors (Lipinski definition) is 2. The summed E-state index contributed by atoms with van der Waals surface area (Å²) in [4.78, 5) is 0. The highest BCUT2D eigenvalue weighted by atomic mass is 15.9. The van der Waals surface area contributed by atoms with Crippen LogP contribution in [0.5, 0.6) is 0 Å². The van der Waals surface area contributed by atoms with Gasteiger partial charge in [0.1, 0.15) is 6.17 Å². The summed E-state index contributed by atoms with van der Waals surface area (Å²) in [7, 11) is 0. The van der Waals surface area contributed by atoms with Crippen molar-refractivity contribution in [1.29, 1.82) is 0 Å². The van der Waals surface area contributed by atoms with Crippen LogP contribution in [0.2, 0.25) is 0 Å². The van der Waals surface area contributed by atoms with Crippen LogP contribution in [0.1, 0.15) is 19.0 Å². The molecule has 2 saturated heterocycles. The molecule has 0 radical (unpaired) electrons. The van der Waals surface area contributed by atoms with Crippen LogP contribution in [-0.4, -0.2) is 39.7 Å². The first-order valence-corrected chi connectivity index (χ1v) is 5.48. The highest BCUT2D eigenvalue weighted by Gasteiger charge is 2.32. The first kappa shape index (κ1) is 9.29. The molecule has 2 fully saturated rings. The second-order valence-electron chi connectivity index (χ2n) is 3.89. The molecule has 15 heavy (non-hydrogen) atoms. The summed E-state index contributed by atoms with van der Waals surface area (Å²) in [5, 5.41) is 8.61. The van der Waals surface area contributed by atoms with Crippen molar-refractivity contribution in [3.63, 3.8) is 0 Å². The minimum atomic E-state index is 0.297. The molecular formula is C9H16N6. The summed E-state index contributed by atoms with van der Waals surface area (Å²) in [5.41, 5.74) is 6.72. The fourth-order valence-corrected chi connectivity index (χ4v) is 2.18. The second kappa shape index (κ2) is 3.90. The Balaban J connectivity index is 1.77. The number of hydrogen-bond acceptors (Lipinski definition) is 5. The minimum absolute atomic E-state index is 0.297. The van der Waals surface area contributed by atoms with Crippen molar-refractivity contribution < 1.29 is 0 Å². The predicted molar refractivity (Wildman–Crippen MR) is 55.0 cm³/mol. The van der Waals surface area contributed by atoms with Crippen molar-refractivity contribution in [2.75, 3.05) is 19.6 Å². The van der Waals surface area contributed by atoms with Gasteiger partial charge >= 0.3 is 0 Å². The standard InChI is InChI=1S/C9H16N6/c1-4-10-13(7-1)9-3-6-12-15(9)14-8-2-5-11-14/h1,4,7,9,11-12H,2-3,5-6,8H2. The molecule has 2 aliphatic heterocycles. The molecule has 6 heteroatoms. The molecule has 1 aromatic heterocycles. The molecule has 6 nitrogen and oxygen atoms in total. The third-order valence-corrected chi connectivity index (χ3v) is 2.89. The van der Waals surface area contributed by atoms with E-state index in [2.05, 4.69) is 26.2 Å². The monoisotopic (exact) mass is 208 g/mol. The van der Waals surface area contributed by atoms with Crippen LogP contribution in [0.3, 0.4) is 0 Å². The van der Waals surface area contributed by atoms with Crippen molar-refractivity contribution in [1.82, 2.24) is 30.9 Å². The highest BCUT2D eigenvalue weighted by Crippen LogP contribution is 2.21. The molecule has 0 spiro atoms. The summed E-state index contributed by atoms with van der Waals surface area (Å²) in [6, 6.07) is 1.97. The Morgan fingerprint density at radius 3 is 3.00 bits per heavy atom. The van der Waals surface area contributed by atoms with Gasteiger partial charge in [0.05, 0.1) is 0 Å². The van der Waals surface area contributed by atoms with E-state index in [1.165, 1.54) is 6.42 Å². The van der Waals surface area contributed by atoms with Gasteiger partial charge in [0.15, 0.2) is 0 Å². The van der Waals surface area contributed by atoms with E-state index in [4.69, 9.17) is 0 Å². The Hall–Kier alpha value is -0.950. The number of nitrogens with zero attached hydrogens (tertiary/aromatic N) is 4. The topological polar surface area (TPSA) is 48.4 Å². The summed E-state index contributed by atoms with van der Waals surface area (Å²) in [6.07, 6.45) is 6.42. The van der Waals surface area contributed by atoms with Crippen LogP contribution in [-0.2, 0) is 0 Å². The van der Waals surface area contributed by atoms with Gasteiger partial charge in [-0.1, -0.05) is 0 Å². The first-order valence-electron chi connectivity index (χ1n) is 5.48. The van der Waals surface area contributed by atoms with Crippen molar-refractivity contribution in [3.05, 3.63) is 18.5 Å². The lowest BCUT2D eigenvalue weighted by Crippen LogP contribution is -2.52. The first-order chi connectivity index (χ1) is 7.45. The van der Waals surface area contributed by atoms with Gasteiger partial charge in [-0.05, 0) is 18.9 Å². The van der Waals surface area contributed by atoms with Crippen LogP contribution in [0.4, 0.5) is 0 Å². The van der Waals surface area contributed by atoms with Gasteiger partial charge in [0, 0.05) is 32.0 Å². The zero-order valence-corrected chi connectivity index (χ0v) is 8.63. The van der Waals surface area contributed by atoms with Gasteiger partial charge in [-0.2, -0.15) is 10.2 Å². The quantitative estimate of drug-likeness (QED) is 0.700. The van der Waals surface area contributed by atoms with E-state index in [-0.39, 0.29) is 0 Å². The zero-order chi connectivity index (χ0) is 10.1. The van der Waals surface area contributed by atoms with E-state index in [9.17, 15) is 0 Å². The number of nitrogens with one attached hydrogen (secondary N) is 2. The maximum Gasteiger partial charge on any atom is 0.134 e. The third kappa shape index (κ3) is 1.65. The van der Waals surface area contributed by atoms with Crippen molar-refractivity contribution in [2.45, 2.75) is 19.0 Å². The molecule has 3 rings (SSSR count). The summed E-state index contributed by atoms with van der Waals surface area (Å²) in [6.45, 7) is 3.12. The van der Waals surface area contributed by atoms with Crippen molar-refractivity contribution in [2.24, 2.45) is 0 Å². The van der Waals surface area contributed by atoms with Crippen LogP contribution in [0.25, 0.3) is 0 Å². The maximum atomic E-state index is 4.30. The Morgan fingerprint density at radius 1 is 1.27 bits per heavy atom. The van der Waals surface area contributed by atoms with E-state index in [0.717, 1.165) is 26.1 Å². The lowest BCUT2D eigenvalue weighted by Gasteiger charge is -2.31. The number of hydrazine groups is 3. The van der Waals surface area contributed by atoms with Gasteiger partial charge in [-0.25, -0.2) is 10.9 Å². The van der Waals surface area contributed by atoms with Crippen LogP contribution >= 0.6 is 0 Å². The Labute approximate surface area is 88.7 Å². The smallest absolute Gasteiger partial charge is 0.134 e. The zero-order valence-electron chi connectivity index (χ0n) is 8.63. The van der Waals surface area contributed by atoms with E-state index < -0.39 is 0 Å². The SMILES string of the molecule is c1cnn(C2CCNN2N2CCCN2)c1. The Bertz CT molecular complexity index is 304. The van der Waals surface area contributed by atoms with Gasteiger partial charge in [0.25, 0.3) is 0 Å². The molecule has 0 aromatic carbocycles. The van der Waals surface area contributed by atoms with Crippen molar-refractivity contribution in [3.8, 4) is 0 Å². The summed E-state index contributed by atoms with van der Waals surface area (Å²) >= 11 is 0. The van der Waals surface area contributed by atoms with Gasteiger partial charge in [0.2, 0.25) is 0 Å². The molecule has 0 amide bonds. The molecule has 1 atom stereocenters. The second-order valence-corrected chi connectivity index (χ2v) is 3.89. The molecule has 0 bridgehead atoms. The molecule has 0 saturated carbocycles. The van der Waals surface area contributed by atoms with Crippen LogP contribution in [0.15, 0.2) is 18.5 Å². The molecule has 2 aliphatic rings. The average Bonchev–Trinajstić information content (AvgIpc) is 3.01. The lowest BCUT2D eigenvalue weighted by molar-refractivity contribution is -0.116. The van der Waals surface area contributed by atoms with Crippen LogP contribution in [0, 0.1) is 0 Å². The molecule has 0 aliphatic carbocycles. The van der Waals surface area contributed by atoms with Gasteiger partial charge in [-0.15, -0.1) is 5.12 Å². The predicted octanol–water partition coefficient (Wildman–Crippen LogP) is -0.283. The molecule has 1 aromatic rings. The third-order valence-electron chi connectivity index (χ3n) is 2.89. The van der Waals surface area contributed by atoms with Crippen molar-refractivity contribution >= 4 is 0 Å². The summed E-state index contributed by atoms with van der Waals surface area (Å²) < 4.78 is 2.00. The van der Waals surface area contributed by atoms with Crippen LogP contribution < -0.4 is 10.9 Å². The molecule has 82 valence electrons. The maximum absolute atomic E-state index is 4.30. The van der Waals surface area contributed by atoms with E-state index in [1.807, 2.05) is 23.1 Å². The fraction of sp³-hybridized carbons (Fsp3) is 0.667. The lowest BCUT2D eigenvalue weighted by atomic mass is 10.4. The minimum Gasteiger partial charge on any atom is -0.252 e. The molecule has 1 unspecified atom stereocenters. The Kier molecular flexibility index (Phi) is 2.41. The average molecular weight is 208 g/mol. The molecule has 2 N–H and O–H groups in total. The molecular weight excluding hydrogens is 192 g/mol. The highest BCUT2D eigenvalue weighted by molar-refractivity contribution is 4.83. The Morgan fingerprint density at radius 2 is 2.27 bits per heavy atom.